The molecule has 1 aliphatic heterocycles. The molecule has 2 aliphatic rings. The van der Waals surface area contributed by atoms with Crippen LogP contribution in [0.15, 0.2) is 46.5 Å². The number of aliphatic imine (C=N–C) groups is 1. The lowest BCUT2D eigenvalue weighted by Crippen LogP contribution is -2.20. The molecule has 3 aromatic rings. The van der Waals surface area contributed by atoms with Gasteiger partial charge in [-0.1, -0.05) is 36.8 Å². The van der Waals surface area contributed by atoms with Gasteiger partial charge in [-0.3, -0.25) is 9.79 Å². The molecule has 1 fully saturated rings. The van der Waals surface area contributed by atoms with Crippen molar-refractivity contribution in [3.8, 4) is 0 Å². The largest absolute Gasteiger partial charge is 0.478 e. The fourth-order valence-corrected chi connectivity index (χ4v) is 6.02. The summed E-state index contributed by atoms with van der Waals surface area (Å²) in [5, 5.41) is 12.9. The van der Waals surface area contributed by atoms with Crippen LogP contribution in [0, 0.1) is 30.4 Å². The fraction of sp³-hybridized carbons (Fsp3) is 0.379. The zero-order chi connectivity index (χ0) is 27.0. The summed E-state index contributed by atoms with van der Waals surface area (Å²) in [6.07, 6.45) is 3.91. The van der Waals surface area contributed by atoms with Crippen molar-refractivity contribution in [2.45, 2.75) is 46.0 Å². The number of aromatic nitrogens is 1. The lowest BCUT2D eigenvalue weighted by Gasteiger charge is -2.17. The number of thiazole rings is 1. The first-order valence-electron chi connectivity index (χ1n) is 12.9. The molecule has 2 aromatic carbocycles. The monoisotopic (exact) mass is 537 g/mol. The van der Waals surface area contributed by atoms with Gasteiger partial charge in [0, 0.05) is 24.1 Å². The highest BCUT2D eigenvalue weighted by Gasteiger charge is 2.37. The first-order chi connectivity index (χ1) is 18.3. The summed E-state index contributed by atoms with van der Waals surface area (Å²) in [5.74, 6) is -1.74. The molecule has 6 nitrogen and oxygen atoms in total. The number of hydrogen-bond acceptors (Lipinski definition) is 6. The van der Waals surface area contributed by atoms with Crippen LogP contribution in [0.2, 0.25) is 0 Å². The molecule has 38 heavy (non-hydrogen) atoms. The number of allylic oxidation sites excluding steroid dienone is 1. The third-order valence-corrected chi connectivity index (χ3v) is 8.31. The zero-order valence-corrected chi connectivity index (χ0v) is 22.1. The van der Waals surface area contributed by atoms with Gasteiger partial charge in [0.05, 0.1) is 22.5 Å². The first kappa shape index (κ1) is 26.2. The van der Waals surface area contributed by atoms with Crippen molar-refractivity contribution in [1.29, 1.82) is 0 Å². The molecule has 0 bridgehead atoms. The Morgan fingerprint density at radius 2 is 2.00 bits per heavy atom. The summed E-state index contributed by atoms with van der Waals surface area (Å²) in [4.78, 5) is 33.8. The van der Waals surface area contributed by atoms with Crippen molar-refractivity contribution in [1.82, 2.24) is 4.98 Å². The maximum atomic E-state index is 14.8. The molecular weight excluding hydrogens is 508 g/mol. The molecule has 1 atom stereocenters. The average molecular weight is 538 g/mol. The number of halogens is 2. The molecule has 2 heterocycles. The number of nitrogens with one attached hydrogen (secondary N) is 1. The van der Waals surface area contributed by atoms with Crippen LogP contribution in [0.5, 0.6) is 0 Å². The summed E-state index contributed by atoms with van der Waals surface area (Å²) in [6.45, 7) is 4.88. The molecule has 9 heteroatoms. The number of aromatic carboxylic acids is 1. The summed E-state index contributed by atoms with van der Waals surface area (Å²) in [7, 11) is 0. The molecule has 0 amide bonds. The predicted octanol–water partition coefficient (Wildman–Crippen LogP) is 6.58. The number of anilines is 1. The number of fused-ring (bicyclic) bond motifs is 1. The number of benzene rings is 2. The molecule has 1 aromatic heterocycles. The van der Waals surface area contributed by atoms with Crippen LogP contribution in [0.4, 0.5) is 13.9 Å². The Morgan fingerprint density at radius 3 is 2.68 bits per heavy atom. The van der Waals surface area contributed by atoms with E-state index in [0.717, 1.165) is 36.5 Å². The molecule has 1 aliphatic carbocycles. The second-order valence-corrected chi connectivity index (χ2v) is 11.0. The van der Waals surface area contributed by atoms with Crippen molar-refractivity contribution in [3.63, 3.8) is 0 Å². The van der Waals surface area contributed by atoms with Gasteiger partial charge in [-0.2, -0.15) is 0 Å². The number of carbonyl (C=O) groups is 2. The van der Waals surface area contributed by atoms with E-state index in [1.807, 2.05) is 19.9 Å². The van der Waals surface area contributed by atoms with Gasteiger partial charge in [0.2, 0.25) is 0 Å². The minimum absolute atomic E-state index is 0.0147. The molecule has 0 saturated heterocycles. The van der Waals surface area contributed by atoms with E-state index >= 15 is 0 Å². The Labute approximate surface area is 223 Å². The number of hydrogen-bond donors (Lipinski definition) is 2. The van der Waals surface area contributed by atoms with Crippen LogP contribution in [0.3, 0.4) is 0 Å². The maximum absolute atomic E-state index is 14.8. The van der Waals surface area contributed by atoms with Gasteiger partial charge in [0.25, 0.3) is 0 Å². The van der Waals surface area contributed by atoms with Gasteiger partial charge in [-0.15, -0.1) is 0 Å². The second-order valence-electron chi connectivity index (χ2n) is 10.0. The topological polar surface area (TPSA) is 91.6 Å². The molecule has 5 rings (SSSR count). The molecule has 0 radical (unpaired) electrons. The van der Waals surface area contributed by atoms with E-state index < -0.39 is 11.8 Å². The normalized spacial score (nSPS) is 16.2. The molecule has 1 saturated carbocycles. The van der Waals surface area contributed by atoms with Gasteiger partial charge < -0.3 is 10.4 Å². The Hall–Kier alpha value is -3.46. The summed E-state index contributed by atoms with van der Waals surface area (Å²) < 4.78 is 29.6. The number of nitrogens with zero attached hydrogens (tertiary/aromatic N) is 2. The fourth-order valence-electron chi connectivity index (χ4n) is 5.07. The van der Waals surface area contributed by atoms with Crippen LogP contribution in [-0.2, 0) is 4.79 Å². The maximum Gasteiger partial charge on any atom is 0.335 e. The lowest BCUT2D eigenvalue weighted by atomic mass is 9.86. The first-order valence-corrected chi connectivity index (χ1v) is 13.7. The highest BCUT2D eigenvalue weighted by atomic mass is 32.1. The van der Waals surface area contributed by atoms with Crippen LogP contribution in [0.1, 0.15) is 60.5 Å². The third-order valence-electron chi connectivity index (χ3n) is 7.35. The molecule has 0 unspecified atom stereocenters. The van der Waals surface area contributed by atoms with Crippen molar-refractivity contribution in [2.75, 3.05) is 18.4 Å². The van der Waals surface area contributed by atoms with Gasteiger partial charge in [0.1, 0.15) is 11.3 Å². The van der Waals surface area contributed by atoms with E-state index in [9.17, 15) is 18.4 Å². The van der Waals surface area contributed by atoms with Crippen molar-refractivity contribution < 1.29 is 23.5 Å². The summed E-state index contributed by atoms with van der Waals surface area (Å²) in [6, 6.07) is 7.32. The van der Waals surface area contributed by atoms with E-state index in [-0.39, 0.29) is 28.6 Å². The van der Waals surface area contributed by atoms with E-state index in [1.54, 1.807) is 6.07 Å². The predicted molar refractivity (Wildman–Crippen MR) is 145 cm³/mol. The minimum atomic E-state index is -1.19. The van der Waals surface area contributed by atoms with Crippen LogP contribution < -0.4 is 5.32 Å². The van der Waals surface area contributed by atoms with Crippen LogP contribution in [-0.4, -0.2) is 40.6 Å². The van der Waals surface area contributed by atoms with E-state index in [1.165, 1.54) is 23.5 Å². The van der Waals surface area contributed by atoms with E-state index in [0.29, 0.717) is 58.5 Å². The highest BCUT2D eigenvalue weighted by Crippen LogP contribution is 2.42. The molecular formula is C29H29F2N3O3S. The third kappa shape index (κ3) is 5.25. The Bertz CT molecular complexity index is 1470. The number of ketones is 1. The summed E-state index contributed by atoms with van der Waals surface area (Å²) >= 11 is 1.20. The zero-order valence-electron chi connectivity index (χ0n) is 21.3. The van der Waals surface area contributed by atoms with Crippen molar-refractivity contribution in [2.24, 2.45) is 16.8 Å². The SMILES string of the molecule is CC[C@@H](CCNc1nc2c(F)cc(C(=O)O)cc2s1)CC(=O)C1=C(C2CC2)CN=C1c1c(C)cccc1F. The average Bonchev–Trinajstić information content (AvgIpc) is 3.49. The number of carbonyl (C=O) groups excluding carboxylic acids is 1. The Kier molecular flexibility index (Phi) is 7.38. The van der Waals surface area contributed by atoms with Gasteiger partial charge in [-0.25, -0.2) is 18.6 Å². The molecule has 2 N–H and O–H groups in total. The number of rotatable bonds is 11. The standard InChI is InChI=1S/C29H29F2N3O3S/c1-3-16(9-10-32-29-34-26-21(31)12-18(28(36)37)13-23(26)38-29)11-22(35)25-19(17-7-8-17)14-33-27(25)24-15(2)5-4-6-20(24)30/h4-6,12-13,16-17H,3,7-11,14H2,1-2H3,(H,32,34)(H,36,37)/t16-/m0/s1. The number of carboxylic acid groups (broad SMARTS) is 1. The van der Waals surface area contributed by atoms with Crippen LogP contribution in [0.25, 0.3) is 10.2 Å². The second kappa shape index (κ2) is 10.7. The van der Waals surface area contributed by atoms with Gasteiger partial charge >= 0.3 is 5.97 Å². The minimum Gasteiger partial charge on any atom is -0.478 e. The highest BCUT2D eigenvalue weighted by molar-refractivity contribution is 7.22. The van der Waals surface area contributed by atoms with Gasteiger partial charge in [0.15, 0.2) is 16.7 Å². The lowest BCUT2D eigenvalue weighted by molar-refractivity contribution is -0.116. The number of Topliss-reactive ketones (excluding diaryl/α,β-unsaturated/α-hetero) is 1. The molecule has 0 spiro atoms. The number of aryl methyl sites for hydroxylation is 1. The van der Waals surface area contributed by atoms with Gasteiger partial charge in [-0.05, 0) is 67.4 Å². The van der Waals surface area contributed by atoms with Crippen molar-refractivity contribution >= 4 is 44.1 Å². The van der Waals surface area contributed by atoms with E-state index in [2.05, 4.69) is 15.3 Å². The number of carboxylic acids is 1. The van der Waals surface area contributed by atoms with E-state index in [4.69, 9.17) is 5.11 Å². The Morgan fingerprint density at radius 1 is 1.21 bits per heavy atom. The Balaban J connectivity index is 1.27. The summed E-state index contributed by atoms with van der Waals surface area (Å²) in [5.41, 5.74) is 3.38. The quantitative estimate of drug-likeness (QED) is 0.288. The smallest absolute Gasteiger partial charge is 0.335 e. The van der Waals surface area contributed by atoms with Crippen LogP contribution >= 0.6 is 11.3 Å². The molecule has 198 valence electrons. The van der Waals surface area contributed by atoms with Crippen molar-refractivity contribution in [3.05, 3.63) is 69.8 Å².